The van der Waals surface area contributed by atoms with Gasteiger partial charge in [0, 0.05) is 26.2 Å². The third kappa shape index (κ3) is 5.84. The Labute approximate surface area is 95.1 Å². The molecule has 0 spiro atoms. The zero-order chi connectivity index (χ0) is 9.52. The summed E-state index contributed by atoms with van der Waals surface area (Å²) < 4.78 is 0. The van der Waals surface area contributed by atoms with Crippen molar-refractivity contribution in [1.29, 1.82) is 0 Å². The minimum Gasteiger partial charge on any atom is -0.304 e. The average molecular weight is 221 g/mol. The normalized spacial score (nSPS) is 19.3. The highest BCUT2D eigenvalue weighted by molar-refractivity contribution is 5.85. The van der Waals surface area contributed by atoms with E-state index >= 15 is 0 Å². The second-order valence-electron chi connectivity index (χ2n) is 4.21. The lowest BCUT2D eigenvalue weighted by molar-refractivity contribution is 0.152. The van der Waals surface area contributed by atoms with Crippen molar-refractivity contribution in [2.45, 2.75) is 32.6 Å². The van der Waals surface area contributed by atoms with Crippen LogP contribution in [0.4, 0.5) is 0 Å². The van der Waals surface area contributed by atoms with Gasteiger partial charge in [-0.25, -0.2) is 0 Å². The van der Waals surface area contributed by atoms with Crippen molar-refractivity contribution in [2.24, 2.45) is 0 Å². The van der Waals surface area contributed by atoms with Crippen LogP contribution in [0.15, 0.2) is 0 Å². The third-order valence-electron chi connectivity index (χ3n) is 2.92. The first-order valence-corrected chi connectivity index (χ1v) is 5.74. The van der Waals surface area contributed by atoms with Crippen molar-refractivity contribution in [3.8, 4) is 0 Å². The van der Waals surface area contributed by atoms with Gasteiger partial charge in [-0.2, -0.15) is 0 Å². The quantitative estimate of drug-likeness (QED) is 0.656. The molecule has 3 heteroatoms. The summed E-state index contributed by atoms with van der Waals surface area (Å²) in [5.74, 6) is 0. The van der Waals surface area contributed by atoms with Crippen LogP contribution in [0.5, 0.6) is 0 Å². The molecular weight excluding hydrogens is 196 g/mol. The zero-order valence-corrected chi connectivity index (χ0v) is 10.5. The van der Waals surface area contributed by atoms with Gasteiger partial charge in [0.15, 0.2) is 0 Å². The highest BCUT2D eigenvalue weighted by atomic mass is 35.5. The summed E-state index contributed by atoms with van der Waals surface area (Å²) >= 11 is 0. The molecule has 0 aromatic rings. The molecule has 1 heterocycles. The van der Waals surface area contributed by atoms with E-state index in [4.69, 9.17) is 0 Å². The molecule has 0 atom stereocenters. The van der Waals surface area contributed by atoms with Gasteiger partial charge in [0.1, 0.15) is 0 Å². The molecule has 86 valence electrons. The zero-order valence-electron chi connectivity index (χ0n) is 9.67. The van der Waals surface area contributed by atoms with E-state index in [1.165, 1.54) is 58.4 Å². The first-order valence-electron chi connectivity index (χ1n) is 5.74. The summed E-state index contributed by atoms with van der Waals surface area (Å²) in [6.45, 7) is 8.68. The number of unbranched alkanes of at least 4 members (excludes halogenated alkanes) is 3. The molecular formula is C11H25ClN2. The standard InChI is InChI=1S/C11H24N2.ClH/c1-3-4-5-6-7-13-10-8-12(2)9-11-13;/h3-11H2,1-2H3;1H. The van der Waals surface area contributed by atoms with E-state index < -0.39 is 0 Å². The van der Waals surface area contributed by atoms with Crippen LogP contribution in [0.2, 0.25) is 0 Å². The largest absolute Gasteiger partial charge is 0.304 e. The van der Waals surface area contributed by atoms with E-state index in [-0.39, 0.29) is 12.4 Å². The van der Waals surface area contributed by atoms with Gasteiger partial charge >= 0.3 is 0 Å². The summed E-state index contributed by atoms with van der Waals surface area (Å²) in [5, 5.41) is 0. The lowest BCUT2D eigenvalue weighted by atomic mass is 10.2. The van der Waals surface area contributed by atoms with Gasteiger partial charge < -0.3 is 9.80 Å². The Balaban J connectivity index is 0.00000169. The van der Waals surface area contributed by atoms with Gasteiger partial charge in [-0.05, 0) is 20.0 Å². The van der Waals surface area contributed by atoms with Gasteiger partial charge in [0.05, 0.1) is 0 Å². The maximum atomic E-state index is 2.61. The smallest absolute Gasteiger partial charge is 0.0110 e. The molecule has 0 aromatic heterocycles. The van der Waals surface area contributed by atoms with Crippen molar-refractivity contribution in [3.05, 3.63) is 0 Å². The maximum absolute atomic E-state index is 2.61. The Morgan fingerprint density at radius 1 is 0.929 bits per heavy atom. The second-order valence-corrected chi connectivity index (χ2v) is 4.21. The summed E-state index contributed by atoms with van der Waals surface area (Å²) in [7, 11) is 2.22. The highest BCUT2D eigenvalue weighted by Gasteiger charge is 2.12. The fraction of sp³-hybridized carbons (Fsp3) is 1.00. The molecule has 1 saturated heterocycles. The minimum absolute atomic E-state index is 0. The van der Waals surface area contributed by atoms with Crippen LogP contribution in [0.3, 0.4) is 0 Å². The van der Waals surface area contributed by atoms with E-state index in [2.05, 4.69) is 23.8 Å². The number of rotatable bonds is 5. The van der Waals surface area contributed by atoms with Crippen LogP contribution in [-0.2, 0) is 0 Å². The Hall–Kier alpha value is 0.210. The van der Waals surface area contributed by atoms with Gasteiger partial charge in [-0.3, -0.25) is 0 Å². The van der Waals surface area contributed by atoms with Crippen molar-refractivity contribution in [1.82, 2.24) is 9.80 Å². The van der Waals surface area contributed by atoms with Crippen molar-refractivity contribution in [3.63, 3.8) is 0 Å². The molecule has 0 N–H and O–H groups in total. The number of hydrogen-bond donors (Lipinski definition) is 0. The van der Waals surface area contributed by atoms with Crippen LogP contribution in [0.1, 0.15) is 32.6 Å². The van der Waals surface area contributed by atoms with Gasteiger partial charge in [0.25, 0.3) is 0 Å². The van der Waals surface area contributed by atoms with E-state index in [1.807, 2.05) is 0 Å². The number of halogens is 1. The molecule has 1 fully saturated rings. The molecule has 2 nitrogen and oxygen atoms in total. The van der Waals surface area contributed by atoms with Crippen molar-refractivity contribution >= 4 is 12.4 Å². The second kappa shape index (κ2) is 8.51. The van der Waals surface area contributed by atoms with Gasteiger partial charge in [-0.1, -0.05) is 26.2 Å². The fourth-order valence-corrected chi connectivity index (χ4v) is 1.83. The maximum Gasteiger partial charge on any atom is 0.0110 e. The SMILES string of the molecule is CCCCCCN1CCN(C)CC1.Cl. The van der Waals surface area contributed by atoms with E-state index in [0.29, 0.717) is 0 Å². The molecule has 0 amide bonds. The van der Waals surface area contributed by atoms with E-state index in [1.54, 1.807) is 0 Å². The average Bonchev–Trinajstić information content (AvgIpc) is 2.15. The molecule has 1 aliphatic rings. The minimum atomic E-state index is 0. The molecule has 0 aromatic carbocycles. The monoisotopic (exact) mass is 220 g/mol. The van der Waals surface area contributed by atoms with E-state index in [9.17, 15) is 0 Å². The number of piperazine rings is 1. The molecule has 0 saturated carbocycles. The summed E-state index contributed by atoms with van der Waals surface area (Å²) in [6.07, 6.45) is 5.58. The third-order valence-corrected chi connectivity index (χ3v) is 2.92. The van der Waals surface area contributed by atoms with Crippen LogP contribution in [-0.4, -0.2) is 49.6 Å². The van der Waals surface area contributed by atoms with Gasteiger partial charge in [-0.15, -0.1) is 12.4 Å². The number of likely N-dealkylation sites (N-methyl/N-ethyl adjacent to an activating group) is 1. The highest BCUT2D eigenvalue weighted by Crippen LogP contribution is 2.04. The molecule has 0 unspecified atom stereocenters. The predicted molar refractivity (Wildman–Crippen MR) is 65.3 cm³/mol. The summed E-state index contributed by atoms with van der Waals surface area (Å²) in [6, 6.07) is 0. The predicted octanol–water partition coefficient (Wildman–Crippen LogP) is 2.24. The van der Waals surface area contributed by atoms with Crippen LogP contribution >= 0.6 is 12.4 Å². The summed E-state index contributed by atoms with van der Waals surface area (Å²) in [5.41, 5.74) is 0. The molecule has 14 heavy (non-hydrogen) atoms. The molecule has 0 aliphatic carbocycles. The van der Waals surface area contributed by atoms with Crippen molar-refractivity contribution < 1.29 is 0 Å². The van der Waals surface area contributed by atoms with Crippen LogP contribution in [0, 0.1) is 0 Å². The van der Waals surface area contributed by atoms with E-state index in [0.717, 1.165) is 0 Å². The number of hydrogen-bond acceptors (Lipinski definition) is 2. The first kappa shape index (κ1) is 14.2. The van der Waals surface area contributed by atoms with Crippen molar-refractivity contribution in [2.75, 3.05) is 39.8 Å². The Morgan fingerprint density at radius 3 is 2.14 bits per heavy atom. The van der Waals surface area contributed by atoms with Crippen LogP contribution in [0.25, 0.3) is 0 Å². The fourth-order valence-electron chi connectivity index (χ4n) is 1.83. The number of nitrogens with zero attached hydrogens (tertiary/aromatic N) is 2. The first-order chi connectivity index (χ1) is 6.33. The summed E-state index contributed by atoms with van der Waals surface area (Å²) in [4.78, 5) is 5.03. The Bertz CT molecular complexity index is 122. The topological polar surface area (TPSA) is 6.48 Å². The Morgan fingerprint density at radius 2 is 1.57 bits per heavy atom. The van der Waals surface area contributed by atoms with Gasteiger partial charge in [0.2, 0.25) is 0 Å². The molecule has 0 bridgehead atoms. The Kier molecular flexibility index (Phi) is 8.64. The molecule has 0 radical (unpaired) electrons. The lowest BCUT2D eigenvalue weighted by Gasteiger charge is -2.32. The molecule has 1 rings (SSSR count). The van der Waals surface area contributed by atoms with Crippen LogP contribution < -0.4 is 0 Å². The lowest BCUT2D eigenvalue weighted by Crippen LogP contribution is -2.44. The molecule has 1 aliphatic heterocycles.